The quantitative estimate of drug-likeness (QED) is 0.0669. The maximum Gasteiger partial charge on any atom is 0.251 e. The Labute approximate surface area is 482 Å². The fourth-order valence-electron chi connectivity index (χ4n) is 11.8. The van der Waals surface area contributed by atoms with Crippen LogP contribution in [0.15, 0.2) is 97.1 Å². The van der Waals surface area contributed by atoms with Gasteiger partial charge in [0.05, 0.1) is 24.2 Å². The Hall–Kier alpha value is -7.44. The van der Waals surface area contributed by atoms with E-state index in [0.717, 1.165) is 60.8 Å². The lowest BCUT2D eigenvalue weighted by Crippen LogP contribution is -2.59. The van der Waals surface area contributed by atoms with Gasteiger partial charge in [-0.1, -0.05) is 114 Å². The average molecular weight is 1120 g/mol. The molecule has 10 atom stereocenters. The van der Waals surface area contributed by atoms with E-state index >= 15 is 0 Å². The number of amides is 8. The van der Waals surface area contributed by atoms with Crippen LogP contribution in [0.2, 0.25) is 0 Å². The largest absolute Gasteiger partial charge is 0.347 e. The molecule has 8 amide bonds. The summed E-state index contributed by atoms with van der Waals surface area (Å²) in [5.74, 6) is -2.90. The highest BCUT2D eigenvalue weighted by molar-refractivity contribution is 5.98. The van der Waals surface area contributed by atoms with Crippen LogP contribution < -0.4 is 42.5 Å². The number of nitrogens with one attached hydrogen (secondary N) is 8. The molecular weight excluding hydrogens is 1040 g/mol. The summed E-state index contributed by atoms with van der Waals surface area (Å²) in [7, 11) is 3.33. The number of hydrogen-bond acceptors (Lipinski definition) is 10. The van der Waals surface area contributed by atoms with Gasteiger partial charge in [0.2, 0.25) is 35.4 Å². The molecule has 8 N–H and O–H groups in total. The van der Waals surface area contributed by atoms with Crippen molar-refractivity contribution in [2.75, 3.05) is 27.2 Å². The first-order chi connectivity index (χ1) is 38.9. The average Bonchev–Trinajstić information content (AvgIpc) is 4.28. The normalized spacial score (nSPS) is 22.0. The second-order valence-electron chi connectivity index (χ2n) is 24.9. The first kappa shape index (κ1) is 60.7. The Morgan fingerprint density at radius 1 is 0.488 bits per heavy atom. The second kappa shape index (κ2) is 25.8. The van der Waals surface area contributed by atoms with E-state index in [0.29, 0.717) is 11.1 Å². The molecule has 8 rings (SSSR count). The molecule has 2 aliphatic heterocycles. The van der Waals surface area contributed by atoms with Crippen LogP contribution in [0.5, 0.6) is 0 Å². The maximum atomic E-state index is 14.6. The summed E-state index contributed by atoms with van der Waals surface area (Å²) in [5, 5.41) is 24.4. The molecule has 0 bridgehead atoms. The summed E-state index contributed by atoms with van der Waals surface area (Å²) < 4.78 is 0. The van der Waals surface area contributed by atoms with Crippen LogP contribution in [-0.2, 0) is 41.6 Å². The van der Waals surface area contributed by atoms with Gasteiger partial charge in [-0.05, 0) is 148 Å². The van der Waals surface area contributed by atoms with Gasteiger partial charge in [0.25, 0.3) is 11.8 Å². The maximum absolute atomic E-state index is 14.6. The minimum Gasteiger partial charge on any atom is -0.347 e. The highest BCUT2D eigenvalue weighted by Gasteiger charge is 2.48. The number of aryl methyl sites for hydroxylation is 2. The highest BCUT2D eigenvalue weighted by atomic mass is 16.2. The summed E-state index contributed by atoms with van der Waals surface area (Å²) in [6, 6.07) is 23.7. The molecule has 4 aliphatic rings. The zero-order chi connectivity index (χ0) is 59.2. The van der Waals surface area contributed by atoms with Gasteiger partial charge in [0.1, 0.15) is 24.2 Å². The zero-order valence-electron chi connectivity index (χ0n) is 49.2. The summed E-state index contributed by atoms with van der Waals surface area (Å²) in [5.41, 5.74) is 5.37. The van der Waals surface area contributed by atoms with Crippen LogP contribution in [-0.4, -0.2) is 133 Å². The number of nitrogens with zero attached hydrogens (tertiary/aromatic N) is 2. The molecule has 0 spiro atoms. The minimum atomic E-state index is -0.956. The van der Waals surface area contributed by atoms with E-state index < -0.39 is 71.0 Å². The predicted molar refractivity (Wildman–Crippen MR) is 315 cm³/mol. The predicted octanol–water partition coefficient (Wildman–Crippen LogP) is 5.42. The van der Waals surface area contributed by atoms with E-state index in [1.165, 1.54) is 20.9 Å². The molecule has 18 nitrogen and oxygen atoms in total. The van der Waals surface area contributed by atoms with Crippen molar-refractivity contribution in [3.63, 3.8) is 0 Å². The third kappa shape index (κ3) is 14.1. The van der Waals surface area contributed by atoms with E-state index in [2.05, 4.69) is 54.7 Å². The molecule has 0 saturated carbocycles. The van der Waals surface area contributed by atoms with Gasteiger partial charge in [-0.15, -0.1) is 0 Å². The monoisotopic (exact) mass is 1120 g/mol. The molecule has 0 radical (unpaired) electrons. The number of fused-ring (bicyclic) bond motifs is 2. The summed E-state index contributed by atoms with van der Waals surface area (Å²) in [4.78, 5) is 115. The SMILES string of the molecule is CN[C@@H](C)C(=O)N[C@H](C(=O)N1C[C@@H](NC(=O)c2ccc(-c3ccc(C(=O)N[C@H]4C[C@@H](C(=O)N[C@@H]5CCCc6ccccc65)N(C(=O)[C@@H](NC(=O)[C@H](C)NC)C(C)(C)C)C4)cc3)cc2)C[C@H]1C(=O)N[C@@H]1CCCc2ccccc21)C(C)(C)C. The number of carbonyl (C=O) groups excluding carboxylic acids is 8. The number of carbonyl (C=O) groups is 8. The number of likely N-dealkylation sites (tertiary alicyclic amines) is 2. The third-order valence-electron chi connectivity index (χ3n) is 16.9. The number of rotatable bonds is 17. The molecule has 2 saturated heterocycles. The van der Waals surface area contributed by atoms with Crippen LogP contribution in [0.25, 0.3) is 11.1 Å². The van der Waals surface area contributed by atoms with Crippen molar-refractivity contribution in [1.29, 1.82) is 0 Å². The van der Waals surface area contributed by atoms with Crippen LogP contribution in [0.4, 0.5) is 0 Å². The van der Waals surface area contributed by atoms with Crippen molar-refractivity contribution >= 4 is 47.3 Å². The summed E-state index contributed by atoms with van der Waals surface area (Å²) in [6.07, 6.45) is 5.51. The number of benzene rings is 4. The van der Waals surface area contributed by atoms with Crippen molar-refractivity contribution in [2.24, 2.45) is 10.8 Å². The van der Waals surface area contributed by atoms with E-state index in [1.807, 2.05) is 102 Å². The van der Waals surface area contributed by atoms with Crippen molar-refractivity contribution in [2.45, 2.75) is 167 Å². The first-order valence-electron chi connectivity index (χ1n) is 29.1. The third-order valence-corrected chi connectivity index (χ3v) is 16.9. The van der Waals surface area contributed by atoms with Gasteiger partial charge >= 0.3 is 0 Å². The molecule has 438 valence electrons. The lowest BCUT2D eigenvalue weighted by molar-refractivity contribution is -0.144. The first-order valence-corrected chi connectivity index (χ1v) is 29.1. The van der Waals surface area contributed by atoms with Gasteiger partial charge in [-0.25, -0.2) is 0 Å². The van der Waals surface area contributed by atoms with Crippen molar-refractivity contribution < 1.29 is 38.4 Å². The Kier molecular flexibility index (Phi) is 19.1. The number of likely N-dealkylation sites (N-methyl/N-ethyl adjacent to an activating group) is 2. The molecule has 4 aromatic carbocycles. The second-order valence-corrected chi connectivity index (χ2v) is 24.9. The van der Waals surface area contributed by atoms with Gasteiger partial charge in [-0.2, -0.15) is 0 Å². The zero-order valence-corrected chi connectivity index (χ0v) is 49.2. The lowest BCUT2D eigenvalue weighted by Gasteiger charge is -2.36. The summed E-state index contributed by atoms with van der Waals surface area (Å²) >= 11 is 0. The Morgan fingerprint density at radius 3 is 1.18 bits per heavy atom. The number of hydrogen-bond donors (Lipinski definition) is 8. The van der Waals surface area contributed by atoms with E-state index in [4.69, 9.17) is 0 Å². The lowest BCUT2D eigenvalue weighted by atomic mass is 9.85. The molecule has 18 heteroatoms. The van der Waals surface area contributed by atoms with Crippen molar-refractivity contribution in [3.05, 3.63) is 130 Å². The molecule has 0 aromatic heterocycles. The van der Waals surface area contributed by atoms with E-state index in [-0.39, 0.29) is 73.5 Å². The molecule has 4 aromatic rings. The van der Waals surface area contributed by atoms with Gasteiger partial charge in [0.15, 0.2) is 0 Å². The standard InChI is InChI=1S/C64H84N10O8/c1-37(65-9)55(75)71-53(63(3,4)5)61(81)73-35-45(33-51(73)59(79)69-49-23-15-19-41-17-11-13-21-47(41)49)67-57(77)43-29-25-39(26-30-43)40-27-31-44(32-28-40)58(78)68-46-34-52(60(80)70-50-24-16-20-42-18-12-14-22-48(42)50)74(36-46)62(82)54(64(6,7)8)72-56(76)38(2)66-10/h11-14,17-18,21-22,25-32,37-38,45-46,49-54,65-66H,15-16,19-20,23-24,33-36H2,1-10H3,(H,67,77)(H,68,78)(H,69,79)(H,70,80)(H,71,75)(H,72,76)/t37-,38-,45-,46-,49+,50+,51-,52-,53+,54+/m0/s1. The van der Waals surface area contributed by atoms with Crippen LogP contribution >= 0.6 is 0 Å². The Morgan fingerprint density at radius 2 is 0.841 bits per heavy atom. The fraction of sp³-hybridized carbons (Fsp3) is 0.500. The smallest absolute Gasteiger partial charge is 0.251 e. The van der Waals surface area contributed by atoms with Crippen molar-refractivity contribution in [1.82, 2.24) is 52.3 Å². The topological polar surface area (TPSA) is 239 Å². The molecule has 0 unspecified atom stereocenters. The fourth-order valence-corrected chi connectivity index (χ4v) is 11.8. The van der Waals surface area contributed by atoms with Crippen LogP contribution in [0.1, 0.15) is 149 Å². The van der Waals surface area contributed by atoms with E-state index in [9.17, 15) is 38.4 Å². The Balaban J connectivity index is 0.937. The Bertz CT molecular complexity index is 2800. The molecule has 2 heterocycles. The molecular formula is C64H84N10O8. The van der Waals surface area contributed by atoms with Gasteiger partial charge < -0.3 is 52.3 Å². The van der Waals surface area contributed by atoms with Gasteiger partial charge in [-0.3, -0.25) is 38.4 Å². The summed E-state index contributed by atoms with van der Waals surface area (Å²) in [6.45, 7) is 14.7. The van der Waals surface area contributed by atoms with Crippen LogP contribution in [0.3, 0.4) is 0 Å². The van der Waals surface area contributed by atoms with Crippen LogP contribution in [0, 0.1) is 10.8 Å². The van der Waals surface area contributed by atoms with Crippen molar-refractivity contribution in [3.8, 4) is 11.1 Å². The van der Waals surface area contributed by atoms with E-state index in [1.54, 1.807) is 52.2 Å². The van der Waals surface area contributed by atoms with Gasteiger partial charge in [0, 0.05) is 36.3 Å². The molecule has 2 fully saturated rings. The minimum absolute atomic E-state index is 0.0583. The molecule has 82 heavy (non-hydrogen) atoms. The highest BCUT2D eigenvalue weighted by Crippen LogP contribution is 2.34. The molecule has 2 aliphatic carbocycles.